The summed E-state index contributed by atoms with van der Waals surface area (Å²) in [6.45, 7) is 1.35. The Balaban J connectivity index is 0.0000150. The molecule has 4 aromatic carbocycles. The molecule has 2 unspecified atom stereocenters. The van der Waals surface area contributed by atoms with Gasteiger partial charge in [0, 0.05) is 96.7 Å². The molecule has 26 nitrogen and oxygen atoms in total. The van der Waals surface area contributed by atoms with Crippen molar-refractivity contribution in [2.45, 2.75) is 112 Å². The van der Waals surface area contributed by atoms with Gasteiger partial charge in [-0.3, -0.25) is 28.8 Å². The molecular formula is C60H74Cl2N6NaO20S2+. The average Bonchev–Trinajstić information content (AvgIpc) is 0.814. The van der Waals surface area contributed by atoms with Crippen LogP contribution >= 0.6 is 46.7 Å². The van der Waals surface area contributed by atoms with Crippen LogP contribution in [-0.2, 0) is 38.1 Å². The number of carbonyl (C=O) groups excluding carboxylic acids is 6. The van der Waals surface area contributed by atoms with Gasteiger partial charge in [-0.2, -0.15) is 23.5 Å². The van der Waals surface area contributed by atoms with Gasteiger partial charge in [-0.15, -0.1) is 0 Å². The average molecular weight is 1360 g/mol. The van der Waals surface area contributed by atoms with Gasteiger partial charge in [-0.25, -0.2) is 9.59 Å². The zero-order valence-electron chi connectivity index (χ0n) is 50.0. The van der Waals surface area contributed by atoms with Crippen molar-refractivity contribution in [3.8, 4) is 11.1 Å². The van der Waals surface area contributed by atoms with Crippen LogP contribution in [0.2, 0.25) is 10.0 Å². The molecule has 6 amide bonds. The van der Waals surface area contributed by atoms with Gasteiger partial charge in [0.05, 0.1) is 49.7 Å². The van der Waals surface area contributed by atoms with Crippen LogP contribution < -0.4 is 61.5 Å². The summed E-state index contributed by atoms with van der Waals surface area (Å²) in [4.78, 5) is 101. The van der Waals surface area contributed by atoms with E-state index in [0.717, 1.165) is 25.0 Å². The molecule has 4 aromatic rings. The van der Waals surface area contributed by atoms with Crippen LogP contribution in [0.4, 0.5) is 0 Å². The molecule has 490 valence electrons. The van der Waals surface area contributed by atoms with Crippen LogP contribution in [0.1, 0.15) is 81.0 Å². The number of amides is 6. The molecule has 12 atom stereocenters. The molecular weight excluding hydrogens is 1280 g/mol. The monoisotopic (exact) mass is 1360 g/mol. The number of thioether (sulfide) groups is 2. The quantitative estimate of drug-likeness (QED) is 0.0192. The van der Waals surface area contributed by atoms with Gasteiger partial charge in [0.25, 0.3) is 35.2 Å². The molecule has 0 aromatic heterocycles. The van der Waals surface area contributed by atoms with E-state index in [4.69, 9.17) is 42.1 Å². The second kappa shape index (κ2) is 36.8. The summed E-state index contributed by atoms with van der Waals surface area (Å²) < 4.78 is 23.0. The maximum absolute atomic E-state index is 13.0. The molecule has 31 heteroatoms. The van der Waals surface area contributed by atoms with E-state index < -0.39 is 146 Å². The van der Waals surface area contributed by atoms with Crippen LogP contribution in [-0.4, -0.2) is 223 Å². The summed E-state index contributed by atoms with van der Waals surface area (Å²) in [7, 11) is 0. The number of carbonyl (C=O) groups is 8. The van der Waals surface area contributed by atoms with Crippen LogP contribution in [0.15, 0.2) is 97.1 Å². The number of aliphatic hydroxyl groups is 6. The minimum Gasteiger partial charge on any atom is -0.477 e. The number of hydrogen-bond donors (Lipinski definition) is 14. The summed E-state index contributed by atoms with van der Waals surface area (Å²) in [6.07, 6.45) is -14.8. The van der Waals surface area contributed by atoms with Crippen molar-refractivity contribution in [1.82, 2.24) is 31.9 Å². The molecule has 0 bridgehead atoms. The van der Waals surface area contributed by atoms with Crippen LogP contribution in [0.3, 0.4) is 0 Å². The molecule has 91 heavy (non-hydrogen) atoms. The van der Waals surface area contributed by atoms with E-state index in [1.165, 1.54) is 72.1 Å². The largest absolute Gasteiger partial charge is 1.00 e. The number of rotatable bonds is 33. The van der Waals surface area contributed by atoms with Crippen molar-refractivity contribution in [2.24, 2.45) is 0 Å². The third-order valence-electron chi connectivity index (χ3n) is 14.4. The molecule has 2 aliphatic heterocycles. The number of aliphatic hydroxyl groups excluding tert-OH is 6. The van der Waals surface area contributed by atoms with Crippen molar-refractivity contribution >= 4 is 94.1 Å². The van der Waals surface area contributed by atoms with Crippen molar-refractivity contribution in [1.29, 1.82) is 0 Å². The Bertz CT molecular complexity index is 3080. The number of benzene rings is 4. The minimum atomic E-state index is -2.50. The predicted octanol–water partition coefficient (Wildman–Crippen LogP) is -1.42. The second-order valence-electron chi connectivity index (χ2n) is 21.1. The fraction of sp³-hybridized carbons (Fsp3) is 0.467. The number of carboxylic acids is 2. The number of hydrogen-bond acceptors (Lipinski definition) is 20. The Morgan fingerprint density at radius 3 is 1.16 bits per heavy atom. The number of nitrogens with one attached hydrogen (secondary N) is 6. The molecule has 2 fully saturated rings. The first-order chi connectivity index (χ1) is 42.8. The molecule has 0 aliphatic carbocycles. The SMILES string of the molecule is CC(=O)N[C@@H]1[C@@H](O)C[C@](OCCCSCCNC(=O)c2ccc(C(=O)NCCSCCCO[C@]3(C(=O)O)C[C@H](O)[C@@H](NC(C)=O)[C@H](C(O)[C@H](O)CNC(=O)c4ccc(-c5ccc(Cl)cc5)cc4)O3)cc2)(C(=O)O)O[C@H]1C(O)[C@H](O)CNC(=O)c1ccc(Cl)cc1.[Na+]. The summed E-state index contributed by atoms with van der Waals surface area (Å²) >= 11 is 14.7. The summed E-state index contributed by atoms with van der Waals surface area (Å²) in [5, 5.41) is 103. The van der Waals surface area contributed by atoms with Crippen molar-refractivity contribution < 1.29 is 128 Å². The van der Waals surface area contributed by atoms with Gasteiger partial charge in [0.2, 0.25) is 11.8 Å². The maximum Gasteiger partial charge on any atom is 1.00 e. The van der Waals surface area contributed by atoms with E-state index in [2.05, 4.69) is 31.9 Å². The third kappa shape index (κ3) is 22.3. The maximum atomic E-state index is 13.0. The Kier molecular flexibility index (Phi) is 30.9. The fourth-order valence-corrected chi connectivity index (χ4v) is 11.5. The van der Waals surface area contributed by atoms with Gasteiger partial charge in [0.1, 0.15) is 24.4 Å². The fourth-order valence-electron chi connectivity index (χ4n) is 9.69. The molecule has 0 radical (unpaired) electrons. The molecule has 2 saturated heterocycles. The van der Waals surface area contributed by atoms with E-state index >= 15 is 0 Å². The second-order valence-corrected chi connectivity index (χ2v) is 24.4. The minimum absolute atomic E-state index is 0. The standard InChI is InChI=1S/C60H74Cl2N6O20S2.Na/c1-33(69)67-47-43(71)29-59(57(81)82,87-51(47)49(75)45(73)31-65-55(79)39-7-5-35(6-8-39)36-13-17-41(61)18-14-36)85-23-3-25-89-27-21-63-53(77)37-9-11-38(12-10-37)54(78)64-22-28-90-26-4-24-86-60(58(83)84)30-44(72)48(68-34(2)70)52(88-60)50(76)46(74)32-66-56(80)40-15-19-42(62)20-16-40;/h5-20,43-52,71-76H,3-4,21-32H2,1-2H3,(H,63,77)(H,64,78)(H,65,79)(H,66,80)(H,67,69)(H,68,70)(H,81,82)(H,83,84);/q;+1/t43-,44-,45+,46+,47+,48+,49?,50?,51+,52+,59+,60+;/m0./s1. The first-order valence-corrected chi connectivity index (χ1v) is 31.6. The Morgan fingerprint density at radius 1 is 0.516 bits per heavy atom. The normalized spacial score (nSPS) is 22.5. The van der Waals surface area contributed by atoms with E-state index in [0.29, 0.717) is 44.2 Å². The Labute approximate surface area is 564 Å². The van der Waals surface area contributed by atoms with Crippen LogP contribution in [0, 0.1) is 0 Å². The number of ether oxygens (including phenoxy) is 4. The van der Waals surface area contributed by atoms with E-state index in [9.17, 15) is 79.2 Å². The van der Waals surface area contributed by atoms with Crippen molar-refractivity contribution in [3.05, 3.63) is 129 Å². The molecule has 14 N–H and O–H groups in total. The van der Waals surface area contributed by atoms with Crippen LogP contribution in [0.5, 0.6) is 0 Å². The van der Waals surface area contributed by atoms with Gasteiger partial charge in [-0.05, 0) is 108 Å². The van der Waals surface area contributed by atoms with E-state index in [-0.39, 0.29) is 79.8 Å². The van der Waals surface area contributed by atoms with E-state index in [1.807, 2.05) is 12.1 Å². The number of aliphatic carboxylic acids is 2. The van der Waals surface area contributed by atoms with E-state index in [1.54, 1.807) is 36.4 Å². The summed E-state index contributed by atoms with van der Waals surface area (Å²) in [6, 6.07) is 22.8. The smallest absolute Gasteiger partial charge is 0.477 e. The number of carboxylic acid groups (broad SMARTS) is 2. The topological polar surface area (TPSA) is 408 Å². The predicted molar refractivity (Wildman–Crippen MR) is 331 cm³/mol. The van der Waals surface area contributed by atoms with Gasteiger partial charge in [0.15, 0.2) is 0 Å². The van der Waals surface area contributed by atoms with Crippen molar-refractivity contribution in [2.75, 3.05) is 62.4 Å². The first-order valence-electron chi connectivity index (χ1n) is 28.6. The Hall–Kier alpha value is -5.48. The van der Waals surface area contributed by atoms with Crippen molar-refractivity contribution in [3.63, 3.8) is 0 Å². The molecule has 2 heterocycles. The zero-order chi connectivity index (χ0) is 65.7. The zero-order valence-corrected chi connectivity index (χ0v) is 55.1. The molecule has 0 saturated carbocycles. The molecule has 6 rings (SSSR count). The van der Waals surface area contributed by atoms with Gasteiger partial charge >= 0.3 is 41.5 Å². The Morgan fingerprint density at radius 2 is 0.824 bits per heavy atom. The molecule has 0 spiro atoms. The van der Waals surface area contributed by atoms with Gasteiger partial charge < -0.3 is 91.7 Å². The van der Waals surface area contributed by atoms with Crippen LogP contribution in [0.25, 0.3) is 11.1 Å². The summed E-state index contributed by atoms with van der Waals surface area (Å²) in [5.74, 6) is -9.76. The summed E-state index contributed by atoms with van der Waals surface area (Å²) in [5.41, 5.74) is 2.71. The van der Waals surface area contributed by atoms with Gasteiger partial charge in [-0.1, -0.05) is 47.5 Å². The molecule has 2 aliphatic rings. The number of halogens is 2. The third-order valence-corrected chi connectivity index (χ3v) is 17.0. The first kappa shape index (κ1) is 76.2.